The molecule has 0 heterocycles. The first-order valence-corrected chi connectivity index (χ1v) is 4.39. The fraction of sp³-hybridized carbons (Fsp3) is 0.300. The minimum absolute atomic E-state index is 0.0347. The molecular weight excluding hydrogens is 178 g/mol. The van der Waals surface area contributed by atoms with E-state index in [0.717, 1.165) is 5.69 Å². The predicted molar refractivity (Wildman–Crippen MR) is 58.0 cm³/mol. The van der Waals surface area contributed by atoms with Crippen molar-refractivity contribution < 1.29 is 4.79 Å². The highest BCUT2D eigenvalue weighted by Crippen LogP contribution is 2.10. The highest BCUT2D eigenvalue weighted by Gasteiger charge is 2.02. The molecule has 0 aromatic heterocycles. The molecule has 0 bridgehead atoms. The Kier molecular flexibility index (Phi) is 3.34. The maximum atomic E-state index is 11.2. The second kappa shape index (κ2) is 4.50. The first kappa shape index (κ1) is 10.4. The zero-order valence-corrected chi connectivity index (χ0v) is 8.45. The molecule has 1 aromatic rings. The summed E-state index contributed by atoms with van der Waals surface area (Å²) in [6.07, 6.45) is 0. The predicted octanol–water partition coefficient (Wildman–Crippen LogP) is 0.769. The number of hydrogen-bond acceptors (Lipinski definition) is 3. The van der Waals surface area contributed by atoms with Crippen LogP contribution in [0.4, 0.5) is 11.4 Å². The third kappa shape index (κ3) is 2.97. The number of benzene rings is 1. The number of anilines is 2. The van der Waals surface area contributed by atoms with Gasteiger partial charge in [0.15, 0.2) is 0 Å². The molecule has 14 heavy (non-hydrogen) atoms. The second-order valence-electron chi connectivity index (χ2n) is 3.27. The molecule has 0 saturated carbocycles. The normalized spacial score (nSPS) is 9.57. The summed E-state index contributed by atoms with van der Waals surface area (Å²) in [7, 11) is 3.45. The van der Waals surface area contributed by atoms with Crippen molar-refractivity contribution in [2.75, 3.05) is 31.7 Å². The van der Waals surface area contributed by atoms with E-state index in [4.69, 9.17) is 5.73 Å². The molecule has 0 aliphatic rings. The molecule has 4 nitrogen and oxygen atoms in total. The van der Waals surface area contributed by atoms with Crippen molar-refractivity contribution in [1.82, 2.24) is 4.90 Å². The topological polar surface area (TPSA) is 58.4 Å². The Morgan fingerprint density at radius 3 is 2.79 bits per heavy atom. The van der Waals surface area contributed by atoms with Gasteiger partial charge in [0.1, 0.15) is 0 Å². The van der Waals surface area contributed by atoms with E-state index in [0.29, 0.717) is 5.69 Å². The third-order valence-corrected chi connectivity index (χ3v) is 1.83. The van der Waals surface area contributed by atoms with Gasteiger partial charge in [0.2, 0.25) is 5.91 Å². The van der Waals surface area contributed by atoms with Crippen molar-refractivity contribution in [3.05, 3.63) is 24.3 Å². The molecule has 1 amide bonds. The number of rotatable bonds is 3. The van der Waals surface area contributed by atoms with Gasteiger partial charge in [-0.15, -0.1) is 0 Å². The SMILES string of the molecule is CN(C)C(=O)CNc1cccc(N)c1. The lowest BCUT2D eigenvalue weighted by Gasteiger charge is -2.11. The lowest BCUT2D eigenvalue weighted by molar-refractivity contribution is -0.126. The fourth-order valence-corrected chi connectivity index (χ4v) is 0.984. The van der Waals surface area contributed by atoms with Crippen LogP contribution in [0.25, 0.3) is 0 Å². The number of amides is 1. The molecule has 0 radical (unpaired) electrons. The van der Waals surface area contributed by atoms with Crippen LogP contribution >= 0.6 is 0 Å². The Hall–Kier alpha value is -1.71. The van der Waals surface area contributed by atoms with Gasteiger partial charge in [-0.05, 0) is 18.2 Å². The zero-order chi connectivity index (χ0) is 10.6. The molecule has 1 aromatic carbocycles. The van der Waals surface area contributed by atoms with E-state index >= 15 is 0 Å². The maximum Gasteiger partial charge on any atom is 0.241 e. The third-order valence-electron chi connectivity index (χ3n) is 1.83. The highest BCUT2D eigenvalue weighted by atomic mass is 16.2. The average molecular weight is 193 g/mol. The van der Waals surface area contributed by atoms with Crippen molar-refractivity contribution in [3.63, 3.8) is 0 Å². The van der Waals surface area contributed by atoms with E-state index < -0.39 is 0 Å². The number of carbonyl (C=O) groups excluding carboxylic acids is 1. The number of nitrogens with zero attached hydrogens (tertiary/aromatic N) is 1. The van der Waals surface area contributed by atoms with Crippen LogP contribution < -0.4 is 11.1 Å². The molecule has 0 atom stereocenters. The van der Waals surface area contributed by atoms with E-state index in [9.17, 15) is 4.79 Å². The van der Waals surface area contributed by atoms with Gasteiger partial charge in [-0.3, -0.25) is 4.79 Å². The van der Waals surface area contributed by atoms with Crippen molar-refractivity contribution in [3.8, 4) is 0 Å². The number of nitrogen functional groups attached to an aromatic ring is 1. The van der Waals surface area contributed by atoms with Crippen LogP contribution in [-0.4, -0.2) is 31.4 Å². The van der Waals surface area contributed by atoms with Crippen LogP contribution in [0.5, 0.6) is 0 Å². The van der Waals surface area contributed by atoms with Crippen LogP contribution in [0, 0.1) is 0 Å². The zero-order valence-electron chi connectivity index (χ0n) is 8.45. The Bertz CT molecular complexity index is 323. The summed E-state index contributed by atoms with van der Waals surface area (Å²) >= 11 is 0. The summed E-state index contributed by atoms with van der Waals surface area (Å²) < 4.78 is 0. The number of nitrogens with two attached hydrogens (primary N) is 1. The van der Waals surface area contributed by atoms with Gasteiger partial charge in [-0.1, -0.05) is 6.07 Å². The standard InChI is InChI=1S/C10H15N3O/c1-13(2)10(14)7-12-9-5-3-4-8(11)6-9/h3-6,12H,7,11H2,1-2H3. The van der Waals surface area contributed by atoms with Gasteiger partial charge in [-0.25, -0.2) is 0 Å². The van der Waals surface area contributed by atoms with Gasteiger partial charge in [-0.2, -0.15) is 0 Å². The average Bonchev–Trinajstić information content (AvgIpc) is 2.14. The van der Waals surface area contributed by atoms with Gasteiger partial charge in [0, 0.05) is 25.5 Å². The first-order valence-electron chi connectivity index (χ1n) is 4.39. The van der Waals surface area contributed by atoms with Gasteiger partial charge in [0.25, 0.3) is 0 Å². The minimum atomic E-state index is 0.0347. The first-order chi connectivity index (χ1) is 6.59. The summed E-state index contributed by atoms with van der Waals surface area (Å²) in [6.45, 7) is 0.288. The number of hydrogen-bond donors (Lipinski definition) is 2. The van der Waals surface area contributed by atoms with Gasteiger partial charge in [0.05, 0.1) is 6.54 Å². The summed E-state index contributed by atoms with van der Waals surface area (Å²) in [5.41, 5.74) is 7.14. The Balaban J connectivity index is 2.50. The minimum Gasteiger partial charge on any atom is -0.399 e. The summed E-state index contributed by atoms with van der Waals surface area (Å²) in [6, 6.07) is 7.32. The summed E-state index contributed by atoms with van der Waals surface area (Å²) in [5.74, 6) is 0.0347. The van der Waals surface area contributed by atoms with E-state index in [1.807, 2.05) is 12.1 Å². The van der Waals surface area contributed by atoms with E-state index in [-0.39, 0.29) is 12.5 Å². The Morgan fingerprint density at radius 1 is 1.50 bits per heavy atom. The van der Waals surface area contributed by atoms with Crippen LogP contribution in [0.1, 0.15) is 0 Å². The number of likely N-dealkylation sites (N-methyl/N-ethyl adjacent to an activating group) is 1. The number of carbonyl (C=O) groups is 1. The molecular formula is C10H15N3O. The van der Waals surface area contributed by atoms with Gasteiger partial charge < -0.3 is 16.0 Å². The van der Waals surface area contributed by atoms with E-state index in [1.54, 1.807) is 31.1 Å². The van der Waals surface area contributed by atoms with Crippen molar-refractivity contribution in [2.45, 2.75) is 0 Å². The largest absolute Gasteiger partial charge is 0.399 e. The van der Waals surface area contributed by atoms with Crippen molar-refractivity contribution in [1.29, 1.82) is 0 Å². The van der Waals surface area contributed by atoms with Crippen LogP contribution in [0.3, 0.4) is 0 Å². The maximum absolute atomic E-state index is 11.2. The van der Waals surface area contributed by atoms with Crippen molar-refractivity contribution >= 4 is 17.3 Å². The lowest BCUT2D eigenvalue weighted by Crippen LogP contribution is -2.28. The molecule has 0 spiro atoms. The quantitative estimate of drug-likeness (QED) is 0.697. The molecule has 4 heteroatoms. The molecule has 0 aliphatic heterocycles. The van der Waals surface area contributed by atoms with Crippen LogP contribution in [-0.2, 0) is 4.79 Å². The lowest BCUT2D eigenvalue weighted by atomic mass is 10.3. The summed E-state index contributed by atoms with van der Waals surface area (Å²) in [5, 5.41) is 3.00. The molecule has 0 fully saturated rings. The van der Waals surface area contributed by atoms with Crippen molar-refractivity contribution in [2.24, 2.45) is 0 Å². The van der Waals surface area contributed by atoms with Gasteiger partial charge >= 0.3 is 0 Å². The molecule has 0 aliphatic carbocycles. The van der Waals surface area contributed by atoms with Crippen LogP contribution in [0.15, 0.2) is 24.3 Å². The molecule has 1 rings (SSSR count). The van der Waals surface area contributed by atoms with Crippen LogP contribution in [0.2, 0.25) is 0 Å². The Morgan fingerprint density at radius 2 is 2.21 bits per heavy atom. The molecule has 76 valence electrons. The molecule has 0 unspecified atom stereocenters. The fourth-order valence-electron chi connectivity index (χ4n) is 0.984. The second-order valence-corrected chi connectivity index (χ2v) is 3.27. The molecule has 0 saturated heterocycles. The van der Waals surface area contributed by atoms with E-state index in [2.05, 4.69) is 5.32 Å². The molecule has 3 N–H and O–H groups in total. The highest BCUT2D eigenvalue weighted by molar-refractivity contribution is 5.80. The number of nitrogens with one attached hydrogen (secondary N) is 1. The summed E-state index contributed by atoms with van der Waals surface area (Å²) in [4.78, 5) is 12.8. The monoisotopic (exact) mass is 193 g/mol. The van der Waals surface area contributed by atoms with E-state index in [1.165, 1.54) is 0 Å². The Labute approximate surface area is 83.7 Å². The smallest absolute Gasteiger partial charge is 0.241 e.